The summed E-state index contributed by atoms with van der Waals surface area (Å²) in [4.78, 5) is 36.8. The first-order valence-electron chi connectivity index (χ1n) is 8.94. The van der Waals surface area contributed by atoms with Crippen LogP contribution in [0.2, 0.25) is 10.0 Å². The molecule has 1 aliphatic rings. The van der Waals surface area contributed by atoms with Crippen LogP contribution in [-0.2, 0) is 9.53 Å². The van der Waals surface area contributed by atoms with E-state index in [2.05, 4.69) is 5.32 Å². The first-order valence-corrected chi connectivity index (χ1v) is 9.70. The minimum atomic E-state index is -0.793. The highest BCUT2D eigenvalue weighted by Crippen LogP contribution is 2.26. The number of ketones is 1. The number of ether oxygens (including phenoxy) is 1. The molecule has 1 N–H and O–H groups in total. The highest BCUT2D eigenvalue weighted by atomic mass is 35.5. The molecule has 0 radical (unpaired) electrons. The van der Waals surface area contributed by atoms with Crippen molar-refractivity contribution in [2.75, 3.05) is 18.0 Å². The number of benzene rings is 2. The summed E-state index contributed by atoms with van der Waals surface area (Å²) in [5.74, 6) is -1.59. The lowest BCUT2D eigenvalue weighted by Crippen LogP contribution is -2.33. The molecular weight excluding hydrogens is 434 g/mol. The van der Waals surface area contributed by atoms with Crippen molar-refractivity contribution in [2.45, 2.75) is 13.0 Å². The van der Waals surface area contributed by atoms with Gasteiger partial charge < -0.3 is 10.1 Å². The number of hydrogen-bond acceptors (Lipinski definition) is 4. The summed E-state index contributed by atoms with van der Waals surface area (Å²) in [7, 11) is 0. The Kier molecular flexibility index (Phi) is 6.74. The van der Waals surface area contributed by atoms with Gasteiger partial charge in [0.05, 0.1) is 23.7 Å². The molecule has 156 valence electrons. The van der Waals surface area contributed by atoms with Crippen molar-refractivity contribution >= 4 is 52.7 Å². The summed E-state index contributed by atoms with van der Waals surface area (Å²) in [6.07, 6.45) is 1.79. The van der Waals surface area contributed by atoms with Crippen molar-refractivity contribution < 1.29 is 23.5 Å². The lowest BCUT2D eigenvalue weighted by atomic mass is 10.1. The fourth-order valence-corrected chi connectivity index (χ4v) is 3.46. The number of rotatable bonds is 6. The molecular formula is C21H17Cl2FN2O4. The number of nitrogens with zero attached hydrogens (tertiary/aromatic N) is 1. The minimum absolute atomic E-state index is 0.0636. The van der Waals surface area contributed by atoms with E-state index in [0.29, 0.717) is 17.8 Å². The van der Waals surface area contributed by atoms with Gasteiger partial charge in [0.25, 0.3) is 0 Å². The molecule has 0 saturated carbocycles. The minimum Gasteiger partial charge on any atom is -0.442 e. The Balaban J connectivity index is 1.67. The standard InChI is InChI=1S/C21H17Cl2FN2O4/c1-12(27)25-10-16-11-26(21(29)30-16)15-5-2-13(3-6-15)4-7-19(28)20-17(23)8-14(22)9-18(20)24/h2-9,16H,10-11H2,1H3,(H,25,27)/b7-4+/t16-/m0/s1. The SMILES string of the molecule is CC(=O)NC[C@H]1CN(c2ccc(/C=C/C(=O)c3c(F)cc(Cl)cc3Cl)cc2)C(=O)O1. The molecule has 0 aromatic heterocycles. The summed E-state index contributed by atoms with van der Waals surface area (Å²) in [6.45, 7) is 1.94. The largest absolute Gasteiger partial charge is 0.442 e. The molecule has 30 heavy (non-hydrogen) atoms. The normalized spacial score (nSPS) is 16.1. The maximum Gasteiger partial charge on any atom is 0.414 e. The number of allylic oxidation sites excluding steroid dienone is 1. The second kappa shape index (κ2) is 9.28. The van der Waals surface area contributed by atoms with Crippen LogP contribution in [-0.4, -0.2) is 37.0 Å². The van der Waals surface area contributed by atoms with Crippen LogP contribution in [0.3, 0.4) is 0 Å². The van der Waals surface area contributed by atoms with Gasteiger partial charge in [0.1, 0.15) is 11.9 Å². The van der Waals surface area contributed by atoms with Crippen LogP contribution in [0, 0.1) is 5.82 Å². The zero-order valence-corrected chi connectivity index (χ0v) is 17.3. The fraction of sp³-hybridized carbons (Fsp3) is 0.190. The van der Waals surface area contributed by atoms with Crippen molar-refractivity contribution in [3.05, 3.63) is 69.5 Å². The molecule has 9 heteroatoms. The van der Waals surface area contributed by atoms with Gasteiger partial charge in [-0.3, -0.25) is 14.5 Å². The van der Waals surface area contributed by atoms with Crippen molar-refractivity contribution in [1.82, 2.24) is 5.32 Å². The number of carbonyl (C=O) groups excluding carboxylic acids is 3. The summed E-state index contributed by atoms with van der Waals surface area (Å²) in [6, 6.07) is 9.12. The van der Waals surface area contributed by atoms with Crippen molar-refractivity contribution in [2.24, 2.45) is 0 Å². The second-order valence-electron chi connectivity index (χ2n) is 6.59. The number of carbonyl (C=O) groups is 3. The molecule has 0 aliphatic carbocycles. The Morgan fingerprint density at radius 3 is 2.60 bits per heavy atom. The van der Waals surface area contributed by atoms with Gasteiger partial charge in [0.2, 0.25) is 5.91 Å². The molecule has 3 rings (SSSR count). The Labute approximate surface area is 182 Å². The monoisotopic (exact) mass is 450 g/mol. The van der Waals surface area contributed by atoms with Crippen LogP contribution < -0.4 is 10.2 Å². The number of cyclic esters (lactones) is 1. The number of halogens is 3. The van der Waals surface area contributed by atoms with E-state index in [-0.39, 0.29) is 28.1 Å². The van der Waals surface area contributed by atoms with Gasteiger partial charge in [-0.15, -0.1) is 0 Å². The van der Waals surface area contributed by atoms with Gasteiger partial charge in [-0.1, -0.05) is 41.4 Å². The van der Waals surface area contributed by atoms with Crippen LogP contribution in [0.5, 0.6) is 0 Å². The Morgan fingerprint density at radius 1 is 1.27 bits per heavy atom. The maximum atomic E-state index is 14.0. The highest BCUT2D eigenvalue weighted by molar-refractivity contribution is 6.37. The van der Waals surface area contributed by atoms with E-state index in [0.717, 1.165) is 6.07 Å². The van der Waals surface area contributed by atoms with E-state index >= 15 is 0 Å². The molecule has 0 spiro atoms. The van der Waals surface area contributed by atoms with Crippen LogP contribution in [0.4, 0.5) is 14.9 Å². The van der Waals surface area contributed by atoms with E-state index in [4.69, 9.17) is 27.9 Å². The molecule has 0 bridgehead atoms. The van der Waals surface area contributed by atoms with Crippen molar-refractivity contribution in [1.29, 1.82) is 0 Å². The number of anilines is 1. The van der Waals surface area contributed by atoms with Crippen LogP contribution in [0.15, 0.2) is 42.5 Å². The predicted octanol–water partition coefficient (Wildman–Crippen LogP) is 4.49. The van der Waals surface area contributed by atoms with Gasteiger partial charge in [-0.2, -0.15) is 0 Å². The van der Waals surface area contributed by atoms with Crippen molar-refractivity contribution in [3.63, 3.8) is 0 Å². The average Bonchev–Trinajstić information content (AvgIpc) is 3.05. The summed E-state index contributed by atoms with van der Waals surface area (Å²) < 4.78 is 19.2. The van der Waals surface area contributed by atoms with Crippen molar-refractivity contribution in [3.8, 4) is 0 Å². The van der Waals surface area contributed by atoms with E-state index < -0.39 is 23.8 Å². The van der Waals surface area contributed by atoms with Crippen LogP contribution in [0.25, 0.3) is 6.08 Å². The van der Waals surface area contributed by atoms with E-state index in [1.54, 1.807) is 24.3 Å². The Bertz CT molecular complexity index is 1000. The Hall–Kier alpha value is -2.90. The molecule has 1 atom stereocenters. The number of nitrogens with one attached hydrogen (secondary N) is 1. The van der Waals surface area contributed by atoms with Gasteiger partial charge >= 0.3 is 6.09 Å². The number of amides is 2. The second-order valence-corrected chi connectivity index (χ2v) is 7.43. The molecule has 0 unspecified atom stereocenters. The molecule has 1 fully saturated rings. The average molecular weight is 451 g/mol. The van der Waals surface area contributed by atoms with Gasteiger partial charge in [-0.25, -0.2) is 9.18 Å². The molecule has 6 nitrogen and oxygen atoms in total. The quantitative estimate of drug-likeness (QED) is 0.519. The number of hydrogen-bond donors (Lipinski definition) is 1. The lowest BCUT2D eigenvalue weighted by molar-refractivity contribution is -0.119. The molecule has 1 heterocycles. The lowest BCUT2D eigenvalue weighted by Gasteiger charge is -2.13. The van der Waals surface area contributed by atoms with Gasteiger partial charge in [0, 0.05) is 17.6 Å². The van der Waals surface area contributed by atoms with Crippen LogP contribution >= 0.6 is 23.2 Å². The third-order valence-corrected chi connectivity index (χ3v) is 4.85. The zero-order valence-electron chi connectivity index (χ0n) is 15.8. The molecule has 2 amide bonds. The van der Waals surface area contributed by atoms with E-state index in [1.807, 2.05) is 0 Å². The zero-order chi connectivity index (χ0) is 21.8. The summed E-state index contributed by atoms with van der Waals surface area (Å²) in [5.41, 5.74) is 1.03. The smallest absolute Gasteiger partial charge is 0.414 e. The first kappa shape index (κ1) is 21.8. The summed E-state index contributed by atoms with van der Waals surface area (Å²) in [5, 5.41) is 2.65. The molecule has 1 saturated heterocycles. The molecule has 2 aromatic rings. The fourth-order valence-electron chi connectivity index (χ4n) is 2.89. The summed E-state index contributed by atoms with van der Waals surface area (Å²) >= 11 is 11.6. The van der Waals surface area contributed by atoms with Gasteiger partial charge in [0.15, 0.2) is 5.78 Å². The van der Waals surface area contributed by atoms with E-state index in [9.17, 15) is 18.8 Å². The third kappa shape index (κ3) is 5.17. The molecule has 2 aromatic carbocycles. The third-order valence-electron chi connectivity index (χ3n) is 4.34. The van der Waals surface area contributed by atoms with Crippen LogP contribution in [0.1, 0.15) is 22.8 Å². The topological polar surface area (TPSA) is 75.7 Å². The maximum absolute atomic E-state index is 14.0. The predicted molar refractivity (Wildman–Crippen MR) is 113 cm³/mol. The van der Waals surface area contributed by atoms with E-state index in [1.165, 1.54) is 30.0 Å². The van der Waals surface area contributed by atoms with Gasteiger partial charge in [-0.05, 0) is 35.9 Å². The molecule has 1 aliphatic heterocycles. The highest BCUT2D eigenvalue weighted by Gasteiger charge is 2.32. The first-order chi connectivity index (χ1) is 14.2. The Morgan fingerprint density at radius 2 is 1.97 bits per heavy atom.